The van der Waals surface area contributed by atoms with Gasteiger partial charge in [0.25, 0.3) is 0 Å². The summed E-state index contributed by atoms with van der Waals surface area (Å²) in [6.45, 7) is 15.4. The molecule has 1 nitrogen and oxygen atoms in total. The summed E-state index contributed by atoms with van der Waals surface area (Å²) in [5.41, 5.74) is 3.71. The highest BCUT2D eigenvalue weighted by molar-refractivity contribution is 7.72. The van der Waals surface area contributed by atoms with Crippen molar-refractivity contribution in [2.75, 3.05) is 12.3 Å². The lowest BCUT2D eigenvalue weighted by Gasteiger charge is -2.29. The van der Waals surface area contributed by atoms with Crippen LogP contribution in [0.4, 0.5) is 0 Å². The minimum Gasteiger partial charge on any atom is -0.319 e. The Labute approximate surface area is 163 Å². The molecule has 2 aliphatic rings. The maximum absolute atomic E-state index is 14.2. The van der Waals surface area contributed by atoms with Gasteiger partial charge in [0.05, 0.1) is 0 Å². The van der Waals surface area contributed by atoms with Gasteiger partial charge in [0.1, 0.15) is 11.5 Å². The van der Waals surface area contributed by atoms with Crippen LogP contribution in [0.2, 0.25) is 0 Å². The molecule has 0 spiro atoms. The maximum atomic E-state index is 14.2. The van der Waals surface area contributed by atoms with E-state index in [0.29, 0.717) is 30.1 Å². The van der Waals surface area contributed by atoms with Gasteiger partial charge in [-0.25, -0.2) is 0 Å². The van der Waals surface area contributed by atoms with E-state index in [1.807, 2.05) is 0 Å². The minimum absolute atomic E-state index is 0.166. The molecule has 1 saturated carbocycles. The van der Waals surface area contributed by atoms with Gasteiger partial charge >= 0.3 is 0 Å². The third kappa shape index (κ3) is 2.84. The standard InChI is InChI=1S/C21H31Cl2OP/c1-12(2)15-8-16(13(3)4)19(17(9-15)14(5)6)25(24)10-18-20(7,11-25)21(18,22)23/h8-9,12-14,18H,10-11H2,1-7H3/t18-,20+,25-/m1/s1. The summed E-state index contributed by atoms with van der Waals surface area (Å²) in [4.78, 5) is 0. The molecule has 0 bridgehead atoms. The van der Waals surface area contributed by atoms with E-state index in [2.05, 4.69) is 60.6 Å². The Morgan fingerprint density at radius 2 is 1.48 bits per heavy atom. The molecule has 0 unspecified atom stereocenters. The topological polar surface area (TPSA) is 17.1 Å². The first kappa shape index (κ1) is 19.8. The van der Waals surface area contributed by atoms with E-state index in [1.54, 1.807) is 0 Å². The summed E-state index contributed by atoms with van der Waals surface area (Å²) in [5, 5.41) is 1.15. The molecule has 2 fully saturated rings. The van der Waals surface area contributed by atoms with Gasteiger partial charge in [-0.2, -0.15) is 0 Å². The molecule has 3 rings (SSSR count). The van der Waals surface area contributed by atoms with Crippen molar-refractivity contribution in [2.24, 2.45) is 11.3 Å². The van der Waals surface area contributed by atoms with Crippen LogP contribution in [0.1, 0.15) is 82.9 Å². The summed E-state index contributed by atoms with van der Waals surface area (Å²) in [7, 11) is -2.48. The lowest BCUT2D eigenvalue weighted by atomic mass is 9.89. The summed E-state index contributed by atoms with van der Waals surface area (Å²) in [5.74, 6) is 1.36. The molecular weight excluding hydrogens is 370 g/mol. The van der Waals surface area contributed by atoms with Crippen molar-refractivity contribution in [3.05, 3.63) is 28.8 Å². The van der Waals surface area contributed by atoms with Crippen molar-refractivity contribution in [3.63, 3.8) is 0 Å². The summed E-state index contributed by atoms with van der Waals surface area (Å²) in [6, 6.07) is 4.61. The van der Waals surface area contributed by atoms with Crippen LogP contribution >= 0.6 is 30.3 Å². The number of hydrogen-bond donors (Lipinski definition) is 0. The van der Waals surface area contributed by atoms with Crippen molar-refractivity contribution < 1.29 is 4.57 Å². The zero-order valence-corrected chi connectivity index (χ0v) is 18.9. The van der Waals surface area contributed by atoms with E-state index in [-0.39, 0.29) is 11.3 Å². The van der Waals surface area contributed by atoms with Crippen molar-refractivity contribution in [2.45, 2.75) is 70.6 Å². The molecule has 140 valence electrons. The van der Waals surface area contributed by atoms with E-state index in [0.717, 1.165) is 5.30 Å². The fourth-order valence-corrected chi connectivity index (χ4v) is 10.8. The monoisotopic (exact) mass is 400 g/mol. The zero-order chi connectivity index (χ0) is 18.9. The van der Waals surface area contributed by atoms with Gasteiger partial charge in [0.2, 0.25) is 0 Å². The second-order valence-corrected chi connectivity index (χ2v) is 13.6. The van der Waals surface area contributed by atoms with Crippen molar-refractivity contribution in [1.29, 1.82) is 0 Å². The molecule has 1 saturated heterocycles. The highest BCUT2D eigenvalue weighted by Crippen LogP contribution is 2.81. The molecule has 1 heterocycles. The van der Waals surface area contributed by atoms with Gasteiger partial charge in [-0.1, -0.05) is 60.6 Å². The van der Waals surface area contributed by atoms with Gasteiger partial charge in [0, 0.05) is 29.0 Å². The second kappa shape index (κ2) is 6.02. The molecule has 0 amide bonds. The normalized spacial score (nSPS) is 33.4. The smallest absolute Gasteiger partial charge is 0.128 e. The number of benzene rings is 1. The summed E-state index contributed by atoms with van der Waals surface area (Å²) in [6.07, 6.45) is 1.31. The lowest BCUT2D eigenvalue weighted by Crippen LogP contribution is -2.25. The first-order valence-corrected chi connectivity index (χ1v) is 12.3. The fourth-order valence-electron chi connectivity index (χ4n) is 4.65. The van der Waals surface area contributed by atoms with Crippen LogP contribution in [-0.4, -0.2) is 16.7 Å². The molecule has 1 aliphatic carbocycles. The Morgan fingerprint density at radius 3 is 1.80 bits per heavy atom. The highest BCUT2D eigenvalue weighted by atomic mass is 35.5. The minimum atomic E-state index is -2.48. The Balaban J connectivity index is 2.18. The predicted molar refractivity (Wildman–Crippen MR) is 112 cm³/mol. The number of fused-ring (bicyclic) bond motifs is 1. The van der Waals surface area contributed by atoms with Gasteiger partial charge < -0.3 is 4.57 Å². The molecule has 25 heavy (non-hydrogen) atoms. The molecule has 1 aromatic carbocycles. The zero-order valence-electron chi connectivity index (χ0n) is 16.5. The third-order valence-corrected chi connectivity index (χ3v) is 11.3. The van der Waals surface area contributed by atoms with Crippen LogP contribution in [0, 0.1) is 11.3 Å². The van der Waals surface area contributed by atoms with E-state index >= 15 is 0 Å². The van der Waals surface area contributed by atoms with Gasteiger partial charge in [-0.05, 0) is 34.4 Å². The van der Waals surface area contributed by atoms with Crippen LogP contribution in [0.5, 0.6) is 0 Å². The van der Waals surface area contributed by atoms with Crippen LogP contribution in [0.3, 0.4) is 0 Å². The first-order valence-electron chi connectivity index (χ1n) is 9.49. The van der Waals surface area contributed by atoms with E-state index in [9.17, 15) is 4.57 Å². The van der Waals surface area contributed by atoms with Crippen molar-refractivity contribution in [3.8, 4) is 0 Å². The number of halogens is 2. The molecule has 4 heteroatoms. The Morgan fingerprint density at radius 1 is 1.00 bits per heavy atom. The molecule has 1 aliphatic heterocycles. The Bertz CT molecular complexity index is 721. The average molecular weight is 401 g/mol. The molecule has 0 aromatic heterocycles. The largest absolute Gasteiger partial charge is 0.319 e. The van der Waals surface area contributed by atoms with Gasteiger partial charge in [0.15, 0.2) is 0 Å². The molecule has 0 radical (unpaired) electrons. The number of hydrogen-bond acceptors (Lipinski definition) is 1. The maximum Gasteiger partial charge on any atom is 0.128 e. The average Bonchev–Trinajstić information content (AvgIpc) is 2.78. The SMILES string of the molecule is CC(C)c1cc(C(C)C)c([P@@]2(=O)C[C@H]3C(Cl)(Cl)[C@@]3(C)C2)c(C(C)C)c1. The highest BCUT2D eigenvalue weighted by Gasteiger charge is 2.79. The van der Waals surface area contributed by atoms with Gasteiger partial charge in [-0.15, -0.1) is 23.2 Å². The van der Waals surface area contributed by atoms with E-state index in [1.165, 1.54) is 16.7 Å². The van der Waals surface area contributed by atoms with E-state index in [4.69, 9.17) is 23.2 Å². The molecular formula is C21H31Cl2OP. The number of alkyl halides is 2. The van der Waals surface area contributed by atoms with Crippen LogP contribution in [-0.2, 0) is 4.57 Å². The molecule has 1 aromatic rings. The lowest BCUT2D eigenvalue weighted by molar-refractivity contribution is 0.571. The summed E-state index contributed by atoms with van der Waals surface area (Å²) < 4.78 is 13.5. The second-order valence-electron chi connectivity index (χ2n) is 9.34. The predicted octanol–water partition coefficient (Wildman–Crippen LogP) is 6.87. The molecule has 3 atom stereocenters. The van der Waals surface area contributed by atoms with Crippen LogP contribution in [0.25, 0.3) is 0 Å². The number of rotatable bonds is 4. The Hall–Kier alpha value is 0.0300. The fraction of sp³-hybridized carbons (Fsp3) is 0.714. The van der Waals surface area contributed by atoms with Crippen molar-refractivity contribution >= 4 is 35.6 Å². The van der Waals surface area contributed by atoms with E-state index < -0.39 is 11.5 Å². The molecule has 0 N–H and O–H groups in total. The van der Waals surface area contributed by atoms with Crippen molar-refractivity contribution in [1.82, 2.24) is 0 Å². The summed E-state index contributed by atoms with van der Waals surface area (Å²) >= 11 is 13.0. The third-order valence-electron chi connectivity index (χ3n) is 6.46. The first-order chi connectivity index (χ1) is 11.3. The Kier molecular flexibility index (Phi) is 4.76. The van der Waals surface area contributed by atoms with Crippen LogP contribution < -0.4 is 5.30 Å². The van der Waals surface area contributed by atoms with Gasteiger partial charge in [-0.3, -0.25) is 0 Å². The quantitative estimate of drug-likeness (QED) is 0.398. The van der Waals surface area contributed by atoms with Crippen LogP contribution in [0.15, 0.2) is 12.1 Å².